The molecule has 2 rings (SSSR count). The van der Waals surface area contributed by atoms with Gasteiger partial charge in [0.1, 0.15) is 0 Å². The van der Waals surface area contributed by atoms with Gasteiger partial charge in [-0.2, -0.15) is 0 Å². The minimum atomic E-state index is -0.814. The lowest BCUT2D eigenvalue weighted by atomic mass is 9.87. The van der Waals surface area contributed by atoms with E-state index < -0.39 is 11.9 Å². The van der Waals surface area contributed by atoms with Gasteiger partial charge in [0.2, 0.25) is 5.91 Å². The van der Waals surface area contributed by atoms with Crippen LogP contribution < -0.4 is 0 Å². The molecule has 0 bridgehead atoms. The molecule has 0 aliphatic carbocycles. The molecule has 1 N–H and O–H groups in total. The van der Waals surface area contributed by atoms with E-state index in [-0.39, 0.29) is 11.9 Å². The lowest BCUT2D eigenvalue weighted by Crippen LogP contribution is -2.47. The topological polar surface area (TPSA) is 60.9 Å². The fraction of sp³-hybridized carbons (Fsp3) is 0.571. The number of likely N-dealkylation sites (N-methyl/N-ethyl adjacent to an activating group) is 1. The Hall–Kier alpha value is -1.40. The van der Waals surface area contributed by atoms with Gasteiger partial charge in [0.05, 0.1) is 12.0 Å². The quantitative estimate of drug-likeness (QED) is 0.898. The predicted octanol–water partition coefficient (Wildman–Crippen LogP) is 1.67. The molecule has 1 aliphatic heterocycles. The van der Waals surface area contributed by atoms with E-state index in [0.717, 1.165) is 11.4 Å². The molecule has 0 aromatic carbocycles. The number of carboxylic acid groups (broad SMARTS) is 1. The minimum absolute atomic E-state index is 0.0581. The Morgan fingerprint density at radius 3 is 2.85 bits per heavy atom. The maximum atomic E-state index is 12.2. The van der Waals surface area contributed by atoms with E-state index >= 15 is 0 Å². The van der Waals surface area contributed by atoms with Gasteiger partial charge in [-0.1, -0.05) is 6.07 Å². The lowest BCUT2D eigenvalue weighted by Gasteiger charge is -2.39. The van der Waals surface area contributed by atoms with E-state index in [1.54, 1.807) is 4.90 Å². The number of rotatable bonds is 5. The van der Waals surface area contributed by atoms with Crippen molar-refractivity contribution >= 4 is 23.2 Å². The summed E-state index contributed by atoms with van der Waals surface area (Å²) in [4.78, 5) is 28.4. The van der Waals surface area contributed by atoms with Crippen molar-refractivity contribution in [3.05, 3.63) is 22.4 Å². The number of carbonyl (C=O) groups excluding carboxylic acids is 1. The van der Waals surface area contributed by atoms with E-state index in [0.29, 0.717) is 19.4 Å². The summed E-state index contributed by atoms with van der Waals surface area (Å²) in [5, 5.41) is 11.4. The average molecular weight is 296 g/mol. The van der Waals surface area contributed by atoms with E-state index in [1.165, 1.54) is 11.3 Å². The Labute approximate surface area is 122 Å². The van der Waals surface area contributed by atoms with Gasteiger partial charge < -0.3 is 14.9 Å². The zero-order valence-electron chi connectivity index (χ0n) is 11.8. The smallest absolute Gasteiger partial charge is 0.308 e. The summed E-state index contributed by atoms with van der Waals surface area (Å²) in [6.07, 6.45) is 0.751. The maximum Gasteiger partial charge on any atom is 0.308 e. The first kappa shape index (κ1) is 15.0. The highest BCUT2D eigenvalue weighted by atomic mass is 32.1. The van der Waals surface area contributed by atoms with Gasteiger partial charge in [-0.05, 0) is 32.0 Å². The van der Waals surface area contributed by atoms with Crippen molar-refractivity contribution in [3.63, 3.8) is 0 Å². The number of hydrogen-bond acceptors (Lipinski definition) is 4. The number of piperidine rings is 1. The molecule has 0 radical (unpaired) electrons. The third kappa shape index (κ3) is 3.19. The molecular formula is C14H20N2O3S. The summed E-state index contributed by atoms with van der Waals surface area (Å²) in [5.41, 5.74) is 0. The number of amides is 1. The van der Waals surface area contributed by atoms with Crippen LogP contribution in [0.15, 0.2) is 17.5 Å². The van der Waals surface area contributed by atoms with E-state index in [2.05, 4.69) is 0 Å². The van der Waals surface area contributed by atoms with Gasteiger partial charge in [-0.25, -0.2) is 0 Å². The SMILES string of the molecule is CN(C)CCN1C(=O)CCC(C(=O)O)C1c1cccs1. The highest BCUT2D eigenvalue weighted by Crippen LogP contribution is 2.38. The zero-order valence-corrected chi connectivity index (χ0v) is 12.6. The molecule has 2 heterocycles. The highest BCUT2D eigenvalue weighted by molar-refractivity contribution is 7.10. The van der Waals surface area contributed by atoms with Crippen molar-refractivity contribution < 1.29 is 14.7 Å². The summed E-state index contributed by atoms with van der Waals surface area (Å²) < 4.78 is 0. The van der Waals surface area contributed by atoms with Crippen LogP contribution in [-0.4, -0.2) is 54.0 Å². The molecule has 1 saturated heterocycles. The molecule has 2 unspecified atom stereocenters. The highest BCUT2D eigenvalue weighted by Gasteiger charge is 2.40. The Kier molecular flexibility index (Phi) is 4.77. The number of nitrogens with zero attached hydrogens (tertiary/aromatic N) is 2. The first-order valence-electron chi connectivity index (χ1n) is 6.71. The van der Waals surface area contributed by atoms with Gasteiger partial charge in [0.15, 0.2) is 0 Å². The number of hydrogen-bond donors (Lipinski definition) is 1. The molecule has 6 heteroatoms. The standard InChI is InChI=1S/C14H20N2O3S/c1-15(2)7-8-16-12(17)6-5-10(14(18)19)13(16)11-4-3-9-20-11/h3-4,9-10,13H,5-8H2,1-2H3,(H,18,19). The second-order valence-electron chi connectivity index (χ2n) is 5.33. The first-order chi connectivity index (χ1) is 9.50. The second-order valence-corrected chi connectivity index (χ2v) is 6.31. The van der Waals surface area contributed by atoms with Gasteiger partial charge in [0.25, 0.3) is 0 Å². The number of carboxylic acids is 1. The molecule has 1 amide bonds. The maximum absolute atomic E-state index is 12.2. The molecular weight excluding hydrogens is 276 g/mol. The van der Waals surface area contributed by atoms with Crippen LogP contribution in [0.2, 0.25) is 0 Å². The van der Waals surface area contributed by atoms with Gasteiger partial charge in [-0.3, -0.25) is 9.59 Å². The largest absolute Gasteiger partial charge is 0.481 e. The van der Waals surface area contributed by atoms with Crippen molar-refractivity contribution in [1.29, 1.82) is 0 Å². The molecule has 1 aromatic heterocycles. The molecule has 20 heavy (non-hydrogen) atoms. The fourth-order valence-electron chi connectivity index (χ4n) is 2.59. The normalized spacial score (nSPS) is 23.4. The number of aliphatic carboxylic acids is 1. The van der Waals surface area contributed by atoms with Gasteiger partial charge in [-0.15, -0.1) is 11.3 Å². The molecule has 1 aromatic rings. The lowest BCUT2D eigenvalue weighted by molar-refractivity contribution is -0.152. The Balaban J connectivity index is 2.27. The van der Waals surface area contributed by atoms with Crippen LogP contribution in [0, 0.1) is 5.92 Å². The van der Waals surface area contributed by atoms with E-state index in [9.17, 15) is 14.7 Å². The molecule has 1 aliphatic rings. The summed E-state index contributed by atoms with van der Waals surface area (Å²) >= 11 is 1.52. The predicted molar refractivity (Wildman–Crippen MR) is 77.7 cm³/mol. The van der Waals surface area contributed by atoms with Crippen molar-refractivity contribution in [1.82, 2.24) is 9.80 Å². The van der Waals surface area contributed by atoms with Crippen LogP contribution in [0.1, 0.15) is 23.8 Å². The molecule has 0 saturated carbocycles. The second kappa shape index (κ2) is 6.37. The third-order valence-corrected chi connectivity index (χ3v) is 4.59. The average Bonchev–Trinajstić information content (AvgIpc) is 2.89. The van der Waals surface area contributed by atoms with Gasteiger partial charge >= 0.3 is 5.97 Å². The summed E-state index contributed by atoms with van der Waals surface area (Å²) in [6.45, 7) is 1.30. The number of thiophene rings is 1. The Morgan fingerprint density at radius 1 is 1.55 bits per heavy atom. The van der Waals surface area contributed by atoms with Crippen molar-refractivity contribution in [3.8, 4) is 0 Å². The first-order valence-corrected chi connectivity index (χ1v) is 7.59. The van der Waals surface area contributed by atoms with Crippen molar-refractivity contribution in [2.45, 2.75) is 18.9 Å². The monoisotopic (exact) mass is 296 g/mol. The van der Waals surface area contributed by atoms with Crippen LogP contribution in [0.4, 0.5) is 0 Å². The fourth-order valence-corrected chi connectivity index (χ4v) is 3.50. The van der Waals surface area contributed by atoms with Crippen LogP contribution in [0.3, 0.4) is 0 Å². The van der Waals surface area contributed by atoms with Gasteiger partial charge in [0, 0.05) is 24.4 Å². The van der Waals surface area contributed by atoms with Crippen LogP contribution in [0.25, 0.3) is 0 Å². The van der Waals surface area contributed by atoms with Crippen LogP contribution >= 0.6 is 11.3 Å². The summed E-state index contributed by atoms with van der Waals surface area (Å²) in [7, 11) is 3.90. The molecule has 0 spiro atoms. The number of likely N-dealkylation sites (tertiary alicyclic amines) is 1. The summed E-state index contributed by atoms with van der Waals surface area (Å²) in [6, 6.07) is 3.50. The van der Waals surface area contributed by atoms with Crippen molar-refractivity contribution in [2.75, 3.05) is 27.2 Å². The minimum Gasteiger partial charge on any atom is -0.481 e. The summed E-state index contributed by atoms with van der Waals surface area (Å²) in [5.74, 6) is -1.26. The number of carbonyl (C=O) groups is 2. The molecule has 1 fully saturated rings. The van der Waals surface area contributed by atoms with Crippen LogP contribution in [0.5, 0.6) is 0 Å². The molecule has 5 nitrogen and oxygen atoms in total. The zero-order chi connectivity index (χ0) is 14.7. The Morgan fingerprint density at radius 2 is 2.30 bits per heavy atom. The molecule has 110 valence electrons. The van der Waals surface area contributed by atoms with Crippen molar-refractivity contribution in [2.24, 2.45) is 5.92 Å². The Bertz CT molecular complexity index is 473. The molecule has 2 atom stereocenters. The van der Waals surface area contributed by atoms with E-state index in [4.69, 9.17) is 0 Å². The third-order valence-electron chi connectivity index (χ3n) is 3.65. The van der Waals surface area contributed by atoms with E-state index in [1.807, 2.05) is 36.5 Å². The van der Waals surface area contributed by atoms with Crippen LogP contribution in [-0.2, 0) is 9.59 Å².